The largest absolute Gasteiger partial charge is 0.356 e. The second kappa shape index (κ2) is 6.91. The molecule has 96 valence electrons. The van der Waals surface area contributed by atoms with Gasteiger partial charge in [0.1, 0.15) is 0 Å². The Morgan fingerprint density at radius 2 is 2.24 bits per heavy atom. The van der Waals surface area contributed by atoms with E-state index in [1.807, 2.05) is 6.92 Å². The highest BCUT2D eigenvalue weighted by Crippen LogP contribution is 2.14. The number of aromatic nitrogens is 1. The molecule has 0 saturated carbocycles. The summed E-state index contributed by atoms with van der Waals surface area (Å²) < 4.78 is 0.741. The molecule has 1 amide bonds. The summed E-state index contributed by atoms with van der Waals surface area (Å²) in [4.78, 5) is 15.8. The predicted molar refractivity (Wildman–Crippen MR) is 75.0 cm³/mol. The predicted octanol–water partition coefficient (Wildman–Crippen LogP) is 3.21. The number of carbonyl (C=O) groups excluding carboxylic acids is 1. The van der Waals surface area contributed by atoms with Crippen LogP contribution >= 0.6 is 23.6 Å². The standard InChI is InChI=1S/C12H20N2OS2/c1-8(2)5-4-6-13-11(15)7-10-9(3)14-12(16)17-10/h8H,4-7H2,1-3H3,(H,13,15)(H,14,16). The number of carbonyl (C=O) groups is 1. The molecule has 0 saturated heterocycles. The van der Waals surface area contributed by atoms with Crippen molar-refractivity contribution in [2.45, 2.75) is 40.0 Å². The molecule has 0 fully saturated rings. The van der Waals surface area contributed by atoms with E-state index in [4.69, 9.17) is 12.2 Å². The summed E-state index contributed by atoms with van der Waals surface area (Å²) in [6.45, 7) is 7.11. The highest BCUT2D eigenvalue weighted by molar-refractivity contribution is 7.73. The molecule has 1 aromatic rings. The molecule has 0 aliphatic carbocycles. The molecule has 0 aliphatic rings. The van der Waals surface area contributed by atoms with Crippen LogP contribution in [0.15, 0.2) is 0 Å². The third-order valence-corrected chi connectivity index (χ3v) is 3.86. The van der Waals surface area contributed by atoms with Crippen molar-refractivity contribution in [1.82, 2.24) is 10.3 Å². The molecule has 5 heteroatoms. The van der Waals surface area contributed by atoms with Gasteiger partial charge in [0.2, 0.25) is 5.91 Å². The maximum absolute atomic E-state index is 11.7. The van der Waals surface area contributed by atoms with Crippen LogP contribution in [0.1, 0.15) is 37.3 Å². The van der Waals surface area contributed by atoms with Crippen molar-refractivity contribution in [1.29, 1.82) is 0 Å². The smallest absolute Gasteiger partial charge is 0.225 e. The van der Waals surface area contributed by atoms with E-state index in [2.05, 4.69) is 24.1 Å². The molecule has 1 rings (SSSR count). The van der Waals surface area contributed by atoms with E-state index in [0.29, 0.717) is 12.3 Å². The first kappa shape index (κ1) is 14.4. The van der Waals surface area contributed by atoms with E-state index >= 15 is 0 Å². The zero-order chi connectivity index (χ0) is 12.8. The maximum atomic E-state index is 11.7. The lowest BCUT2D eigenvalue weighted by Crippen LogP contribution is -2.26. The lowest BCUT2D eigenvalue weighted by molar-refractivity contribution is -0.120. The van der Waals surface area contributed by atoms with Gasteiger partial charge in [-0.05, 0) is 37.9 Å². The van der Waals surface area contributed by atoms with E-state index in [1.165, 1.54) is 11.3 Å². The Balaban J connectivity index is 2.30. The number of thiazole rings is 1. The van der Waals surface area contributed by atoms with Gasteiger partial charge in [-0.25, -0.2) is 0 Å². The highest BCUT2D eigenvalue weighted by atomic mass is 32.1. The van der Waals surface area contributed by atoms with Gasteiger partial charge in [0.05, 0.1) is 6.42 Å². The van der Waals surface area contributed by atoms with Crippen molar-refractivity contribution < 1.29 is 4.79 Å². The van der Waals surface area contributed by atoms with Gasteiger partial charge < -0.3 is 10.3 Å². The molecule has 2 N–H and O–H groups in total. The van der Waals surface area contributed by atoms with Crippen LogP contribution in [0.4, 0.5) is 0 Å². The summed E-state index contributed by atoms with van der Waals surface area (Å²) in [5, 5.41) is 2.94. The summed E-state index contributed by atoms with van der Waals surface area (Å²) in [7, 11) is 0. The number of amides is 1. The van der Waals surface area contributed by atoms with Gasteiger partial charge in [-0.2, -0.15) is 0 Å². The Morgan fingerprint density at radius 3 is 2.76 bits per heavy atom. The van der Waals surface area contributed by atoms with Gasteiger partial charge >= 0.3 is 0 Å². The quantitative estimate of drug-likeness (QED) is 0.617. The first-order chi connectivity index (χ1) is 7.99. The maximum Gasteiger partial charge on any atom is 0.225 e. The summed E-state index contributed by atoms with van der Waals surface area (Å²) in [5.41, 5.74) is 1.01. The van der Waals surface area contributed by atoms with Crippen molar-refractivity contribution >= 4 is 29.5 Å². The van der Waals surface area contributed by atoms with Crippen molar-refractivity contribution in [2.75, 3.05) is 6.54 Å². The third kappa shape index (κ3) is 5.46. The molecular weight excluding hydrogens is 252 g/mol. The van der Waals surface area contributed by atoms with Crippen LogP contribution in [0.3, 0.4) is 0 Å². The first-order valence-corrected chi connectivity index (χ1v) is 7.16. The molecule has 0 aliphatic heterocycles. The zero-order valence-corrected chi connectivity index (χ0v) is 12.3. The van der Waals surface area contributed by atoms with Crippen LogP contribution in [0, 0.1) is 16.8 Å². The SMILES string of the molecule is Cc1[nH]c(=S)sc1CC(=O)NCCCC(C)C. The molecule has 0 atom stereocenters. The minimum absolute atomic E-state index is 0.0853. The molecule has 1 heterocycles. The Labute approximate surface area is 112 Å². The average Bonchev–Trinajstić information content (AvgIpc) is 2.52. The fraction of sp³-hybridized carbons (Fsp3) is 0.667. The molecule has 0 spiro atoms. The zero-order valence-electron chi connectivity index (χ0n) is 10.6. The molecule has 0 radical (unpaired) electrons. The van der Waals surface area contributed by atoms with Crippen LogP contribution in [-0.4, -0.2) is 17.4 Å². The van der Waals surface area contributed by atoms with Gasteiger partial charge in [0, 0.05) is 17.1 Å². The molecule has 0 unspecified atom stereocenters. The van der Waals surface area contributed by atoms with Crippen molar-refractivity contribution in [3.8, 4) is 0 Å². The van der Waals surface area contributed by atoms with E-state index in [0.717, 1.165) is 33.9 Å². The Hall–Kier alpha value is -0.680. The number of hydrogen-bond donors (Lipinski definition) is 2. The molecule has 0 aromatic carbocycles. The summed E-state index contributed by atoms with van der Waals surface area (Å²) in [6.07, 6.45) is 2.64. The second-order valence-electron chi connectivity index (χ2n) is 4.63. The van der Waals surface area contributed by atoms with Gasteiger partial charge in [0.15, 0.2) is 3.95 Å². The number of aryl methyl sites for hydroxylation is 1. The molecule has 17 heavy (non-hydrogen) atoms. The monoisotopic (exact) mass is 272 g/mol. The van der Waals surface area contributed by atoms with Crippen molar-refractivity contribution in [2.24, 2.45) is 5.92 Å². The minimum atomic E-state index is 0.0853. The minimum Gasteiger partial charge on any atom is -0.356 e. The Morgan fingerprint density at radius 1 is 1.53 bits per heavy atom. The van der Waals surface area contributed by atoms with Crippen LogP contribution < -0.4 is 5.32 Å². The topological polar surface area (TPSA) is 44.9 Å². The van der Waals surface area contributed by atoms with E-state index in [9.17, 15) is 4.79 Å². The number of aromatic amines is 1. The normalized spacial score (nSPS) is 10.8. The lowest BCUT2D eigenvalue weighted by atomic mass is 10.1. The third-order valence-electron chi connectivity index (χ3n) is 2.53. The van der Waals surface area contributed by atoms with Crippen LogP contribution in [0.5, 0.6) is 0 Å². The summed E-state index contributed by atoms with van der Waals surface area (Å²) in [6, 6.07) is 0. The first-order valence-electron chi connectivity index (χ1n) is 5.94. The second-order valence-corrected chi connectivity index (χ2v) is 6.40. The molecule has 0 bridgehead atoms. The molecule has 1 aromatic heterocycles. The van der Waals surface area contributed by atoms with Gasteiger partial charge in [-0.1, -0.05) is 13.8 Å². The fourth-order valence-corrected chi connectivity index (χ4v) is 2.84. The van der Waals surface area contributed by atoms with Crippen LogP contribution in [-0.2, 0) is 11.2 Å². The molecule has 3 nitrogen and oxygen atoms in total. The van der Waals surface area contributed by atoms with Gasteiger partial charge in [0.25, 0.3) is 0 Å². The Kier molecular flexibility index (Phi) is 5.85. The number of H-pyrrole nitrogens is 1. The van der Waals surface area contributed by atoms with Gasteiger partial charge in [-0.3, -0.25) is 4.79 Å². The Bertz CT molecular complexity index is 420. The molecular formula is C12H20N2OS2. The number of rotatable bonds is 6. The van der Waals surface area contributed by atoms with E-state index in [-0.39, 0.29) is 5.91 Å². The summed E-state index contributed by atoms with van der Waals surface area (Å²) in [5.74, 6) is 0.783. The lowest BCUT2D eigenvalue weighted by Gasteiger charge is -2.06. The number of hydrogen-bond acceptors (Lipinski definition) is 3. The van der Waals surface area contributed by atoms with Crippen molar-refractivity contribution in [3.63, 3.8) is 0 Å². The van der Waals surface area contributed by atoms with Crippen LogP contribution in [0.25, 0.3) is 0 Å². The average molecular weight is 272 g/mol. The van der Waals surface area contributed by atoms with E-state index in [1.54, 1.807) is 0 Å². The van der Waals surface area contributed by atoms with Crippen LogP contribution in [0.2, 0.25) is 0 Å². The highest BCUT2D eigenvalue weighted by Gasteiger charge is 2.08. The van der Waals surface area contributed by atoms with Gasteiger partial charge in [-0.15, -0.1) is 11.3 Å². The summed E-state index contributed by atoms with van der Waals surface area (Å²) >= 11 is 6.52. The van der Waals surface area contributed by atoms with E-state index < -0.39 is 0 Å². The number of nitrogens with one attached hydrogen (secondary N) is 2. The fourth-order valence-electron chi connectivity index (χ4n) is 1.55. The van der Waals surface area contributed by atoms with Crippen molar-refractivity contribution in [3.05, 3.63) is 14.5 Å².